The summed E-state index contributed by atoms with van der Waals surface area (Å²) in [7, 11) is -0.307. The third-order valence-electron chi connectivity index (χ3n) is 11.0. The van der Waals surface area contributed by atoms with Gasteiger partial charge in [0.05, 0.1) is 31.6 Å². The minimum absolute atomic E-state index is 0. The Labute approximate surface area is 432 Å². The Kier molecular flexibility index (Phi) is 19.9. The van der Waals surface area contributed by atoms with Crippen LogP contribution in [0, 0.1) is 0 Å². The molecule has 18 heteroatoms. The normalized spacial score (nSPS) is 13.4. The van der Waals surface area contributed by atoms with E-state index in [0.29, 0.717) is 57.7 Å². The van der Waals surface area contributed by atoms with Crippen molar-refractivity contribution >= 4 is 125 Å². The van der Waals surface area contributed by atoms with Crippen molar-refractivity contribution in [3.63, 3.8) is 0 Å². The molecular weight excluding hydrogens is 1000 g/mol. The second-order valence-electron chi connectivity index (χ2n) is 16.2. The Bertz CT molecular complexity index is 2890. The zero-order valence-electron chi connectivity index (χ0n) is 36.4. The van der Waals surface area contributed by atoms with Crippen molar-refractivity contribution in [2.45, 2.75) is 79.7 Å². The summed E-state index contributed by atoms with van der Waals surface area (Å²) in [5.41, 5.74) is 7.18. The summed E-state index contributed by atoms with van der Waals surface area (Å²) in [5, 5.41) is 31.2. The van der Waals surface area contributed by atoms with Crippen molar-refractivity contribution in [1.29, 1.82) is 0 Å². The fourth-order valence-corrected chi connectivity index (χ4v) is 9.37. The number of thiophene rings is 2. The van der Waals surface area contributed by atoms with Crippen LogP contribution in [0.3, 0.4) is 0 Å². The second kappa shape index (κ2) is 24.7. The fraction of sp³-hybridized carbons (Fsp3) is 0.280. The van der Waals surface area contributed by atoms with Crippen molar-refractivity contribution in [2.75, 3.05) is 23.8 Å². The fourth-order valence-electron chi connectivity index (χ4n) is 6.65. The highest BCUT2D eigenvalue weighted by Crippen LogP contribution is 2.37. The van der Waals surface area contributed by atoms with E-state index in [1.807, 2.05) is 117 Å². The molecule has 1 aliphatic rings. The Hall–Kier alpha value is -4.09. The SMILES string of the molecule is C.C.CC1(C)OB(c2ccc(CCO)cc2)OC1(C)C.Clc1ccc(CNc2nc(Cl)nc3ccsc23)c(Cl)c1.OCCc1ccc(-c2nc(NCc3ccc(Cl)cc3Cl)c3sccc3n2)cc1. The molecule has 0 aliphatic carbocycles. The predicted octanol–water partition coefficient (Wildman–Crippen LogP) is 13.9. The first-order valence-electron chi connectivity index (χ1n) is 20.9. The Balaban J connectivity index is 0.000000194. The number of halogens is 5. The van der Waals surface area contributed by atoms with Gasteiger partial charge in [0.1, 0.15) is 11.6 Å². The maximum atomic E-state index is 9.08. The summed E-state index contributed by atoms with van der Waals surface area (Å²) in [4.78, 5) is 17.8. The Morgan fingerprint density at radius 2 is 1.03 bits per heavy atom. The van der Waals surface area contributed by atoms with Gasteiger partial charge in [-0.25, -0.2) is 15.0 Å². The molecule has 0 spiro atoms. The number of nitrogens with zero attached hydrogens (tertiary/aromatic N) is 4. The monoisotopic (exact) mass is 1050 g/mol. The van der Waals surface area contributed by atoms with Crippen LogP contribution >= 0.6 is 80.7 Å². The van der Waals surface area contributed by atoms with Crippen molar-refractivity contribution in [3.05, 3.63) is 155 Å². The van der Waals surface area contributed by atoms with Crippen LogP contribution in [0.25, 0.3) is 31.8 Å². The highest BCUT2D eigenvalue weighted by molar-refractivity contribution is 7.18. The Morgan fingerprint density at radius 3 is 1.50 bits per heavy atom. The van der Waals surface area contributed by atoms with Gasteiger partial charge in [-0.15, -0.1) is 22.7 Å². The zero-order chi connectivity index (χ0) is 47.0. The number of benzene rings is 4. The van der Waals surface area contributed by atoms with Crippen LogP contribution in [0.15, 0.2) is 108 Å². The van der Waals surface area contributed by atoms with E-state index in [9.17, 15) is 0 Å². The quantitative estimate of drug-likeness (QED) is 0.0692. The maximum Gasteiger partial charge on any atom is 0.494 e. The van der Waals surface area contributed by atoms with Crippen LogP contribution in [0.1, 0.15) is 64.8 Å². The summed E-state index contributed by atoms with van der Waals surface area (Å²) in [6.45, 7) is 9.58. The molecule has 1 aliphatic heterocycles. The second-order valence-corrected chi connectivity index (χ2v) is 20.0. The minimum Gasteiger partial charge on any atom is -0.399 e. The number of anilines is 2. The molecule has 4 N–H and O–H groups in total. The molecule has 4 aromatic heterocycles. The topological polar surface area (TPSA) is 135 Å². The van der Waals surface area contributed by atoms with Crippen molar-refractivity contribution < 1.29 is 19.5 Å². The van der Waals surface area contributed by atoms with Gasteiger partial charge in [-0.3, -0.25) is 0 Å². The van der Waals surface area contributed by atoms with E-state index in [4.69, 9.17) is 87.5 Å². The lowest BCUT2D eigenvalue weighted by atomic mass is 9.79. The molecule has 0 amide bonds. The van der Waals surface area contributed by atoms with E-state index in [0.717, 1.165) is 59.5 Å². The third kappa shape index (κ3) is 13.8. The van der Waals surface area contributed by atoms with E-state index in [2.05, 4.69) is 20.6 Å². The molecule has 0 atom stereocenters. The highest BCUT2D eigenvalue weighted by atomic mass is 35.5. The molecular formula is C50H54BCl5N6O4S2. The summed E-state index contributed by atoms with van der Waals surface area (Å²) >= 11 is 33.4. The Morgan fingerprint density at radius 1 is 0.574 bits per heavy atom. The van der Waals surface area contributed by atoms with Crippen LogP contribution < -0.4 is 16.1 Å². The molecule has 0 radical (unpaired) electrons. The molecule has 1 saturated heterocycles. The summed E-state index contributed by atoms with van der Waals surface area (Å²) in [5.74, 6) is 2.15. The van der Waals surface area contributed by atoms with Gasteiger partial charge in [0.25, 0.3) is 0 Å². The van der Waals surface area contributed by atoms with Gasteiger partial charge in [0.15, 0.2) is 5.82 Å². The van der Waals surface area contributed by atoms with E-state index in [1.165, 1.54) is 0 Å². The predicted molar refractivity (Wildman–Crippen MR) is 290 cm³/mol. The molecule has 68 heavy (non-hydrogen) atoms. The van der Waals surface area contributed by atoms with Crippen LogP contribution in [0.5, 0.6) is 0 Å². The van der Waals surface area contributed by atoms with Gasteiger partial charge in [-0.05, 0) is 127 Å². The van der Waals surface area contributed by atoms with Gasteiger partial charge in [0, 0.05) is 52.0 Å². The molecule has 8 aromatic rings. The van der Waals surface area contributed by atoms with Gasteiger partial charge in [-0.1, -0.05) is 122 Å². The van der Waals surface area contributed by atoms with Gasteiger partial charge >= 0.3 is 7.12 Å². The number of aliphatic hydroxyl groups is 2. The van der Waals surface area contributed by atoms with Crippen LogP contribution in [0.4, 0.5) is 11.6 Å². The molecule has 358 valence electrons. The molecule has 5 heterocycles. The number of rotatable bonds is 12. The van der Waals surface area contributed by atoms with Crippen molar-refractivity contribution in [2.24, 2.45) is 0 Å². The number of hydrogen-bond donors (Lipinski definition) is 4. The van der Waals surface area contributed by atoms with Crippen LogP contribution in [-0.2, 0) is 35.2 Å². The van der Waals surface area contributed by atoms with Gasteiger partial charge < -0.3 is 30.2 Å². The first kappa shape index (κ1) is 54.9. The van der Waals surface area contributed by atoms with E-state index in [-0.39, 0.29) is 51.7 Å². The third-order valence-corrected chi connectivity index (χ3v) is 14.2. The number of aromatic nitrogens is 4. The summed E-state index contributed by atoms with van der Waals surface area (Å²) < 4.78 is 13.9. The first-order valence-corrected chi connectivity index (χ1v) is 24.5. The molecule has 4 aromatic carbocycles. The maximum absolute atomic E-state index is 9.08. The number of fused-ring (bicyclic) bond motifs is 2. The van der Waals surface area contributed by atoms with Crippen LogP contribution in [0.2, 0.25) is 25.4 Å². The molecule has 0 unspecified atom stereocenters. The average molecular weight is 1060 g/mol. The average Bonchev–Trinajstić information content (AvgIpc) is 4.01. The largest absolute Gasteiger partial charge is 0.494 e. The standard InChI is InChI=1S/C21H17Cl2N3OS.C14H21BO3.C13H8Cl3N3S.2CH4/c22-16-6-5-15(17(23)11-16)12-24-21-19-18(8-10-28-19)25-20(26-21)14-3-1-13(2-4-14)7-9-27;1-13(2)14(3,4)18-15(17-13)12-7-5-11(6-8-12)9-10-16;14-8-2-1-7(9(15)5-8)6-17-12-11-10(3-4-20-11)18-13(16)19-12;;/h1-6,8,10-11,27H,7,9,12H2,(H,24,25,26);5-8,16H,9-10H2,1-4H3;1-5H,6H2,(H,17,18,19);2*1H4. The lowest BCUT2D eigenvalue weighted by Gasteiger charge is -2.32. The lowest BCUT2D eigenvalue weighted by molar-refractivity contribution is 0.00578. The molecule has 10 nitrogen and oxygen atoms in total. The lowest BCUT2D eigenvalue weighted by Crippen LogP contribution is -2.41. The highest BCUT2D eigenvalue weighted by Gasteiger charge is 2.51. The molecule has 1 fully saturated rings. The molecule has 9 rings (SSSR count). The summed E-state index contributed by atoms with van der Waals surface area (Å²) in [6.07, 6.45) is 1.32. The van der Waals surface area contributed by atoms with E-state index < -0.39 is 0 Å². The van der Waals surface area contributed by atoms with Gasteiger partial charge in [0.2, 0.25) is 5.28 Å². The summed E-state index contributed by atoms with van der Waals surface area (Å²) in [6, 6.07) is 30.8. The van der Waals surface area contributed by atoms with E-state index >= 15 is 0 Å². The number of nitrogens with one attached hydrogen (secondary N) is 2. The minimum atomic E-state index is -0.307. The van der Waals surface area contributed by atoms with Gasteiger partial charge in [-0.2, -0.15) is 4.98 Å². The number of aliphatic hydroxyl groups excluding tert-OH is 2. The molecule has 0 bridgehead atoms. The smallest absolute Gasteiger partial charge is 0.399 e. The zero-order valence-corrected chi connectivity index (χ0v) is 41.8. The van der Waals surface area contributed by atoms with Crippen molar-refractivity contribution in [3.8, 4) is 11.4 Å². The van der Waals surface area contributed by atoms with Crippen molar-refractivity contribution in [1.82, 2.24) is 19.9 Å². The number of hydrogen-bond acceptors (Lipinski definition) is 12. The first-order chi connectivity index (χ1) is 31.6. The molecule has 0 saturated carbocycles. The van der Waals surface area contributed by atoms with E-state index in [1.54, 1.807) is 40.9 Å². The van der Waals surface area contributed by atoms with Crippen LogP contribution in [-0.4, -0.2) is 61.7 Å².